The van der Waals surface area contributed by atoms with E-state index in [1.807, 2.05) is 0 Å². The number of nitrogens with one attached hydrogen (secondary N) is 2. The van der Waals surface area contributed by atoms with Crippen molar-refractivity contribution in [3.63, 3.8) is 0 Å². The molecule has 0 saturated heterocycles. The van der Waals surface area contributed by atoms with Gasteiger partial charge < -0.3 is 15.2 Å². The Kier molecular flexibility index (Phi) is 13.6. The van der Waals surface area contributed by atoms with Crippen LogP contribution in [0.25, 0.3) is 0 Å². The first-order valence-electron chi connectivity index (χ1n) is 11.1. The standard InChI is InChI=1S/C22H38N2O3S.Na/c1-2-3-4-5-6-7-8-9-10-11-12-13-14-15-22-23-20-17-16-19(28(25,26)27)18-21(20)24-22;/h16-18,22-24H,2-15H2,1H3,(H,25,26,27);/q;+1/p-1. The third-order valence-corrected chi connectivity index (χ3v) is 6.37. The largest absolute Gasteiger partial charge is 1.00 e. The molecule has 1 aromatic rings. The van der Waals surface area contributed by atoms with Crippen LogP contribution in [0.5, 0.6) is 0 Å². The van der Waals surface area contributed by atoms with Crippen LogP contribution in [0.15, 0.2) is 23.1 Å². The Morgan fingerprint density at radius 3 is 1.79 bits per heavy atom. The monoisotopic (exact) mass is 432 g/mol. The normalized spacial score (nSPS) is 15.3. The fourth-order valence-corrected chi connectivity index (χ4v) is 4.34. The van der Waals surface area contributed by atoms with Crippen LogP contribution in [0, 0.1) is 0 Å². The van der Waals surface area contributed by atoms with Crippen LogP contribution in [0.1, 0.15) is 96.8 Å². The zero-order valence-corrected chi connectivity index (χ0v) is 21.2. The van der Waals surface area contributed by atoms with Gasteiger partial charge in [-0.25, -0.2) is 8.42 Å². The fourth-order valence-electron chi connectivity index (χ4n) is 3.85. The summed E-state index contributed by atoms with van der Waals surface area (Å²) in [5, 5.41) is 6.62. The summed E-state index contributed by atoms with van der Waals surface area (Å²) in [6, 6.07) is 4.45. The number of rotatable bonds is 15. The quantitative estimate of drug-likeness (QED) is 0.253. The van der Waals surface area contributed by atoms with Gasteiger partial charge in [0.15, 0.2) is 0 Å². The van der Waals surface area contributed by atoms with Crippen LogP contribution in [-0.4, -0.2) is 19.1 Å². The van der Waals surface area contributed by atoms with Gasteiger partial charge in [0.2, 0.25) is 0 Å². The molecule has 0 saturated carbocycles. The van der Waals surface area contributed by atoms with Crippen molar-refractivity contribution in [2.75, 3.05) is 10.6 Å². The van der Waals surface area contributed by atoms with Gasteiger partial charge in [-0.2, -0.15) is 0 Å². The second-order valence-corrected chi connectivity index (χ2v) is 9.41. The summed E-state index contributed by atoms with van der Waals surface area (Å²) in [5.41, 5.74) is 1.57. The van der Waals surface area contributed by atoms with Crippen molar-refractivity contribution in [2.24, 2.45) is 0 Å². The van der Waals surface area contributed by atoms with E-state index in [2.05, 4.69) is 17.6 Å². The molecule has 2 rings (SSSR count). The molecular weight excluding hydrogens is 395 g/mol. The Labute approximate surface area is 199 Å². The maximum Gasteiger partial charge on any atom is 1.00 e. The van der Waals surface area contributed by atoms with Gasteiger partial charge in [-0.05, 0) is 31.0 Å². The van der Waals surface area contributed by atoms with Gasteiger partial charge in [-0.15, -0.1) is 0 Å². The Morgan fingerprint density at radius 1 is 0.793 bits per heavy atom. The van der Waals surface area contributed by atoms with E-state index < -0.39 is 10.1 Å². The molecule has 5 nitrogen and oxygen atoms in total. The second-order valence-electron chi connectivity index (χ2n) is 8.03. The Bertz CT molecular complexity index is 683. The molecule has 1 aromatic carbocycles. The topological polar surface area (TPSA) is 81.3 Å². The third-order valence-electron chi connectivity index (χ3n) is 5.54. The molecule has 0 aromatic heterocycles. The zero-order chi connectivity index (χ0) is 20.2. The van der Waals surface area contributed by atoms with E-state index >= 15 is 0 Å². The first-order valence-corrected chi connectivity index (χ1v) is 12.5. The van der Waals surface area contributed by atoms with E-state index in [0.717, 1.165) is 18.5 Å². The number of unbranched alkanes of at least 4 members (excludes halogenated alkanes) is 12. The third kappa shape index (κ3) is 10.5. The van der Waals surface area contributed by atoms with Crippen molar-refractivity contribution in [3.8, 4) is 0 Å². The minimum Gasteiger partial charge on any atom is -0.744 e. The molecule has 1 atom stereocenters. The Morgan fingerprint density at radius 2 is 1.28 bits per heavy atom. The van der Waals surface area contributed by atoms with Gasteiger partial charge in [0.1, 0.15) is 10.1 Å². The Balaban J connectivity index is 0.00000420. The predicted molar refractivity (Wildman–Crippen MR) is 116 cm³/mol. The van der Waals surface area contributed by atoms with Crippen LogP contribution in [0.3, 0.4) is 0 Å². The van der Waals surface area contributed by atoms with Crippen LogP contribution < -0.4 is 40.2 Å². The van der Waals surface area contributed by atoms with Gasteiger partial charge in [0.05, 0.1) is 22.4 Å². The maximum absolute atomic E-state index is 11.1. The van der Waals surface area contributed by atoms with Crippen molar-refractivity contribution < 1.29 is 42.5 Å². The summed E-state index contributed by atoms with van der Waals surface area (Å²) in [5.74, 6) is 0. The zero-order valence-electron chi connectivity index (χ0n) is 18.3. The molecule has 0 fully saturated rings. The van der Waals surface area contributed by atoms with E-state index in [0.29, 0.717) is 5.69 Å². The average Bonchev–Trinajstić information content (AvgIpc) is 3.06. The van der Waals surface area contributed by atoms with Crippen LogP contribution >= 0.6 is 0 Å². The summed E-state index contributed by atoms with van der Waals surface area (Å²) in [6.45, 7) is 2.26. The molecule has 0 bridgehead atoms. The molecule has 1 unspecified atom stereocenters. The Hall–Kier alpha value is -0.270. The van der Waals surface area contributed by atoms with E-state index in [1.54, 1.807) is 6.07 Å². The molecule has 2 N–H and O–H groups in total. The molecule has 1 aliphatic rings. The molecular formula is C22H37N2NaO3S. The molecule has 0 spiro atoms. The number of fused-ring (bicyclic) bond motifs is 1. The van der Waals surface area contributed by atoms with Gasteiger partial charge in [0.25, 0.3) is 0 Å². The SMILES string of the molecule is CCCCCCCCCCCCCCCC1Nc2ccc(S(=O)(=O)[O-])cc2N1.[Na+]. The van der Waals surface area contributed by atoms with E-state index in [1.165, 1.54) is 89.2 Å². The molecule has 0 aliphatic carbocycles. The van der Waals surface area contributed by atoms with Gasteiger partial charge in [-0.1, -0.05) is 84.0 Å². The summed E-state index contributed by atoms with van der Waals surface area (Å²) in [4.78, 5) is -0.179. The van der Waals surface area contributed by atoms with Gasteiger partial charge in [0, 0.05) is 0 Å². The summed E-state index contributed by atoms with van der Waals surface area (Å²) in [6.07, 6.45) is 18.6. The molecule has 1 heterocycles. The summed E-state index contributed by atoms with van der Waals surface area (Å²) in [7, 11) is -4.40. The molecule has 1 aliphatic heterocycles. The summed E-state index contributed by atoms with van der Waals surface area (Å²) < 4.78 is 33.4. The molecule has 7 heteroatoms. The number of hydrogen-bond acceptors (Lipinski definition) is 5. The first kappa shape index (κ1) is 26.8. The fraction of sp³-hybridized carbons (Fsp3) is 0.727. The van der Waals surface area contributed by atoms with Crippen LogP contribution in [-0.2, 0) is 10.1 Å². The number of anilines is 2. The summed E-state index contributed by atoms with van der Waals surface area (Å²) >= 11 is 0. The van der Waals surface area contributed by atoms with Crippen molar-refractivity contribution in [1.82, 2.24) is 0 Å². The predicted octanol–water partition coefficient (Wildman–Crippen LogP) is 3.24. The molecule has 29 heavy (non-hydrogen) atoms. The van der Waals surface area contributed by atoms with Crippen LogP contribution in [0.2, 0.25) is 0 Å². The van der Waals surface area contributed by atoms with Crippen molar-refractivity contribution in [1.29, 1.82) is 0 Å². The molecule has 0 amide bonds. The van der Waals surface area contributed by atoms with Crippen molar-refractivity contribution in [3.05, 3.63) is 18.2 Å². The van der Waals surface area contributed by atoms with E-state index in [9.17, 15) is 13.0 Å². The number of hydrogen-bond donors (Lipinski definition) is 2. The van der Waals surface area contributed by atoms with E-state index in [-0.39, 0.29) is 40.6 Å². The van der Waals surface area contributed by atoms with Gasteiger partial charge in [-0.3, -0.25) is 0 Å². The minimum atomic E-state index is -4.40. The van der Waals surface area contributed by atoms with E-state index in [4.69, 9.17) is 0 Å². The van der Waals surface area contributed by atoms with Crippen molar-refractivity contribution >= 4 is 21.5 Å². The van der Waals surface area contributed by atoms with Gasteiger partial charge >= 0.3 is 29.6 Å². The smallest absolute Gasteiger partial charge is 0.744 e. The molecule has 160 valence electrons. The second kappa shape index (κ2) is 14.7. The molecule has 0 radical (unpaired) electrons. The van der Waals surface area contributed by atoms with Crippen molar-refractivity contribution in [2.45, 2.75) is 108 Å². The first-order chi connectivity index (χ1) is 13.5. The average molecular weight is 433 g/mol. The minimum absolute atomic E-state index is 0. The maximum atomic E-state index is 11.1. The number of benzene rings is 1. The van der Waals surface area contributed by atoms with Crippen LogP contribution in [0.4, 0.5) is 11.4 Å².